The van der Waals surface area contributed by atoms with Gasteiger partial charge in [0.05, 0.1) is 0 Å². The zero-order valence-electron chi connectivity index (χ0n) is 13.1. The lowest BCUT2D eigenvalue weighted by Gasteiger charge is -2.35. The Balaban J connectivity index is 1.92. The first-order valence-electron chi connectivity index (χ1n) is 8.34. The van der Waals surface area contributed by atoms with Crippen molar-refractivity contribution in [1.29, 1.82) is 0 Å². The molecule has 0 bridgehead atoms. The van der Waals surface area contributed by atoms with Crippen molar-refractivity contribution in [2.45, 2.75) is 58.0 Å². The first kappa shape index (κ1) is 15.5. The van der Waals surface area contributed by atoms with Crippen LogP contribution >= 0.6 is 0 Å². The zero-order chi connectivity index (χ0) is 14.2. The maximum Gasteiger partial charge on any atom is 0.0195 e. The summed E-state index contributed by atoms with van der Waals surface area (Å²) in [6.45, 7) is 8.20. The molecule has 1 aromatic carbocycles. The normalized spacial score (nSPS) is 21.1. The lowest BCUT2D eigenvalue weighted by molar-refractivity contribution is 0.168. The van der Waals surface area contributed by atoms with Crippen molar-refractivity contribution in [1.82, 2.24) is 10.2 Å². The molecule has 2 atom stereocenters. The topological polar surface area (TPSA) is 15.3 Å². The molecule has 0 aliphatic carbocycles. The Bertz CT molecular complexity index is 357. The summed E-state index contributed by atoms with van der Waals surface area (Å²) >= 11 is 0. The molecule has 0 spiro atoms. The third-order valence-electron chi connectivity index (χ3n) is 4.58. The van der Waals surface area contributed by atoms with E-state index in [2.05, 4.69) is 54.4 Å². The molecule has 1 N–H and O–H groups in total. The molecule has 2 unspecified atom stereocenters. The summed E-state index contributed by atoms with van der Waals surface area (Å²) in [7, 11) is 0. The van der Waals surface area contributed by atoms with E-state index < -0.39 is 0 Å². The quantitative estimate of drug-likeness (QED) is 0.819. The van der Waals surface area contributed by atoms with Gasteiger partial charge in [0.2, 0.25) is 0 Å². The molecule has 20 heavy (non-hydrogen) atoms. The molecule has 1 heterocycles. The van der Waals surface area contributed by atoms with Crippen LogP contribution in [0.4, 0.5) is 0 Å². The van der Waals surface area contributed by atoms with Gasteiger partial charge in [0.15, 0.2) is 0 Å². The molecule has 1 fully saturated rings. The molecule has 2 nitrogen and oxygen atoms in total. The van der Waals surface area contributed by atoms with Gasteiger partial charge >= 0.3 is 0 Å². The molecule has 0 radical (unpaired) electrons. The summed E-state index contributed by atoms with van der Waals surface area (Å²) in [5.74, 6) is 0. The summed E-state index contributed by atoms with van der Waals surface area (Å²) in [6.07, 6.45) is 6.50. The Labute approximate surface area is 124 Å². The summed E-state index contributed by atoms with van der Waals surface area (Å²) in [5, 5.41) is 3.69. The van der Waals surface area contributed by atoms with E-state index in [9.17, 15) is 0 Å². The molecule has 0 saturated carbocycles. The van der Waals surface area contributed by atoms with E-state index in [1.165, 1.54) is 50.8 Å². The summed E-state index contributed by atoms with van der Waals surface area (Å²) < 4.78 is 0. The number of hydrogen-bond acceptors (Lipinski definition) is 2. The number of hydrogen-bond donors (Lipinski definition) is 1. The maximum atomic E-state index is 3.69. The van der Waals surface area contributed by atoms with Crippen LogP contribution in [0.5, 0.6) is 0 Å². The number of likely N-dealkylation sites (N-methyl/N-ethyl adjacent to an activating group) is 1. The molecule has 1 aliphatic heterocycles. The minimum atomic E-state index is 0.672. The fourth-order valence-electron chi connectivity index (χ4n) is 3.32. The Hall–Kier alpha value is -0.860. The van der Waals surface area contributed by atoms with Crippen LogP contribution in [0.3, 0.4) is 0 Å². The van der Waals surface area contributed by atoms with E-state index >= 15 is 0 Å². The maximum absolute atomic E-state index is 3.69. The average Bonchev–Trinajstić information content (AvgIpc) is 2.52. The Morgan fingerprint density at radius 1 is 1.20 bits per heavy atom. The van der Waals surface area contributed by atoms with Gasteiger partial charge in [-0.3, -0.25) is 4.90 Å². The van der Waals surface area contributed by atoms with Crippen molar-refractivity contribution in [2.24, 2.45) is 0 Å². The van der Waals surface area contributed by atoms with Gasteiger partial charge in [-0.2, -0.15) is 0 Å². The predicted molar refractivity (Wildman–Crippen MR) is 87.1 cm³/mol. The Kier molecular flexibility index (Phi) is 6.55. The molecule has 112 valence electrons. The Morgan fingerprint density at radius 2 is 2.00 bits per heavy atom. The first-order valence-corrected chi connectivity index (χ1v) is 8.34. The lowest BCUT2D eigenvalue weighted by atomic mass is 9.99. The molecule has 0 amide bonds. The van der Waals surface area contributed by atoms with Crippen molar-refractivity contribution in [3.63, 3.8) is 0 Å². The predicted octanol–water partition coefficient (Wildman–Crippen LogP) is 3.47. The van der Waals surface area contributed by atoms with Crippen LogP contribution in [0.25, 0.3) is 0 Å². The first-order chi connectivity index (χ1) is 9.83. The molecule has 2 rings (SSSR count). The van der Waals surface area contributed by atoms with Gasteiger partial charge in [-0.15, -0.1) is 0 Å². The van der Waals surface area contributed by atoms with Crippen molar-refractivity contribution < 1.29 is 0 Å². The average molecular weight is 274 g/mol. The number of nitrogens with zero attached hydrogens (tertiary/aromatic N) is 1. The fourth-order valence-corrected chi connectivity index (χ4v) is 3.32. The van der Waals surface area contributed by atoms with E-state index in [1.807, 2.05) is 0 Å². The highest BCUT2D eigenvalue weighted by molar-refractivity contribution is 5.15. The fraction of sp³-hybridized carbons (Fsp3) is 0.667. The highest BCUT2D eigenvalue weighted by Crippen LogP contribution is 2.15. The smallest absolute Gasteiger partial charge is 0.0195 e. The molecule has 0 aromatic heterocycles. The van der Waals surface area contributed by atoms with Crippen LogP contribution in [0.2, 0.25) is 0 Å². The van der Waals surface area contributed by atoms with Gasteiger partial charge in [0.25, 0.3) is 0 Å². The van der Waals surface area contributed by atoms with E-state index in [0.717, 1.165) is 6.54 Å². The minimum absolute atomic E-state index is 0.672. The number of nitrogens with one attached hydrogen (secondary N) is 1. The van der Waals surface area contributed by atoms with Gasteiger partial charge < -0.3 is 5.32 Å². The summed E-state index contributed by atoms with van der Waals surface area (Å²) in [6, 6.07) is 12.3. The van der Waals surface area contributed by atoms with Gasteiger partial charge in [0.1, 0.15) is 0 Å². The number of benzene rings is 1. The Morgan fingerprint density at radius 3 is 2.60 bits per heavy atom. The summed E-state index contributed by atoms with van der Waals surface area (Å²) in [5.41, 5.74) is 1.47. The van der Waals surface area contributed by atoms with Crippen LogP contribution in [0, 0.1) is 0 Å². The minimum Gasteiger partial charge on any atom is -0.313 e. The molecular formula is C18H30N2. The molecule has 1 aliphatic rings. The van der Waals surface area contributed by atoms with Gasteiger partial charge in [0, 0.05) is 18.6 Å². The lowest BCUT2D eigenvalue weighted by Crippen LogP contribution is -2.47. The van der Waals surface area contributed by atoms with Gasteiger partial charge in [-0.1, -0.05) is 50.6 Å². The second-order valence-corrected chi connectivity index (χ2v) is 5.99. The molecule has 2 heteroatoms. The van der Waals surface area contributed by atoms with Crippen molar-refractivity contribution in [3.8, 4) is 0 Å². The highest BCUT2D eigenvalue weighted by Gasteiger charge is 2.21. The van der Waals surface area contributed by atoms with Crippen LogP contribution < -0.4 is 5.32 Å². The van der Waals surface area contributed by atoms with Crippen molar-refractivity contribution in [3.05, 3.63) is 35.9 Å². The van der Waals surface area contributed by atoms with Crippen LogP contribution in [0.1, 0.15) is 45.1 Å². The standard InChI is InChI=1S/C18H30N2/c1-3-18(14-16-10-6-5-7-11-16)20(4-2)15-17-12-8-9-13-19-17/h5-7,10-11,17-19H,3-4,8-9,12-15H2,1-2H3. The van der Waals surface area contributed by atoms with Crippen molar-refractivity contribution >= 4 is 0 Å². The SMILES string of the molecule is CCC(Cc1ccccc1)N(CC)CC1CCCCN1. The third-order valence-corrected chi connectivity index (χ3v) is 4.58. The van der Waals surface area contributed by atoms with Gasteiger partial charge in [-0.25, -0.2) is 0 Å². The highest BCUT2D eigenvalue weighted by atomic mass is 15.2. The van der Waals surface area contributed by atoms with Crippen LogP contribution in [-0.4, -0.2) is 36.6 Å². The van der Waals surface area contributed by atoms with Crippen LogP contribution in [-0.2, 0) is 6.42 Å². The van der Waals surface area contributed by atoms with E-state index in [4.69, 9.17) is 0 Å². The van der Waals surface area contributed by atoms with E-state index in [0.29, 0.717) is 12.1 Å². The van der Waals surface area contributed by atoms with E-state index in [1.54, 1.807) is 0 Å². The monoisotopic (exact) mass is 274 g/mol. The van der Waals surface area contributed by atoms with Crippen molar-refractivity contribution in [2.75, 3.05) is 19.6 Å². The second-order valence-electron chi connectivity index (χ2n) is 5.99. The van der Waals surface area contributed by atoms with Crippen LogP contribution in [0.15, 0.2) is 30.3 Å². The molecule has 1 saturated heterocycles. The zero-order valence-corrected chi connectivity index (χ0v) is 13.1. The number of piperidine rings is 1. The van der Waals surface area contributed by atoms with E-state index in [-0.39, 0.29) is 0 Å². The number of rotatable bonds is 7. The summed E-state index contributed by atoms with van der Waals surface area (Å²) in [4.78, 5) is 2.68. The third kappa shape index (κ3) is 4.60. The molecular weight excluding hydrogens is 244 g/mol. The van der Waals surface area contributed by atoms with Gasteiger partial charge in [-0.05, 0) is 44.3 Å². The second kappa shape index (κ2) is 8.43. The largest absolute Gasteiger partial charge is 0.313 e. The molecule has 1 aromatic rings.